The van der Waals surface area contributed by atoms with Crippen LogP contribution in [0.25, 0.3) is 0 Å². The number of rotatable bonds is 20. The average Bonchev–Trinajstić information content (AvgIpc) is 3.85. The Morgan fingerprint density at radius 1 is 0.627 bits per heavy atom. The van der Waals surface area contributed by atoms with E-state index in [2.05, 4.69) is 55.8 Å². The Labute approximate surface area is 353 Å². The Morgan fingerprint density at radius 2 is 1.05 bits per heavy atom. The van der Waals surface area contributed by atoms with Gasteiger partial charge in [-0.05, 0) is 87.0 Å². The summed E-state index contributed by atoms with van der Waals surface area (Å²) in [7, 11) is -13.5. The van der Waals surface area contributed by atoms with Gasteiger partial charge in [0.1, 0.15) is 21.2 Å². The highest BCUT2D eigenvalue weighted by Gasteiger charge is 2.20. The molecular formula is C33H39N11O9S6. The maximum Gasteiger partial charge on any atom is 0.297 e. The molecule has 5 N–H and O–H groups in total. The number of aromatic nitrogens is 3. The van der Waals surface area contributed by atoms with Crippen LogP contribution in [-0.4, -0.2) is 91.5 Å². The molecule has 2 aromatic carbocycles. The lowest BCUT2D eigenvalue weighted by Gasteiger charge is -2.22. The second-order valence-electron chi connectivity index (χ2n) is 11.9. The first-order chi connectivity index (χ1) is 27.9. The molecule has 0 aliphatic rings. The molecule has 26 heteroatoms. The third-order valence-corrected chi connectivity index (χ3v) is 13.6. The van der Waals surface area contributed by atoms with Crippen LogP contribution in [0.3, 0.4) is 0 Å². The normalized spacial score (nSPS) is 12.4. The summed E-state index contributed by atoms with van der Waals surface area (Å²) in [6.07, 6.45) is 0. The van der Waals surface area contributed by atoms with Crippen LogP contribution < -0.4 is 20.4 Å². The summed E-state index contributed by atoms with van der Waals surface area (Å²) in [5.41, 5.74) is 2.70. The standard InChI is InChI=1S/C33H39N11O9S6/c1-5-43(6-2)21-9-11-23(39-41-29-27(13-15-54-29)58(48,49)50)25(19-21)34-31-36-32(38-33(37-31)56-17-18-57(45,46)47)35-26-20-22(44(7-3)8-4)10-12-24(26)40-42-30-28(14-16-55-30)59(51,52)53/h9-16,19-20H,5-8,17-18H2,1-4H3,(H,45,46,47)(H,48,49,50)(H,51,52,53)(H2,34,35,36,37,38)/b41-39+,42-40+. The minimum Gasteiger partial charge on any atom is -0.372 e. The van der Waals surface area contributed by atoms with Crippen LogP contribution in [0.4, 0.5) is 56.0 Å². The van der Waals surface area contributed by atoms with Gasteiger partial charge < -0.3 is 20.4 Å². The summed E-state index contributed by atoms with van der Waals surface area (Å²) >= 11 is 2.84. The van der Waals surface area contributed by atoms with Crippen LogP contribution in [0.2, 0.25) is 0 Å². The Balaban J connectivity index is 1.61. The molecule has 0 saturated heterocycles. The highest BCUT2D eigenvalue weighted by Crippen LogP contribution is 2.39. The summed E-state index contributed by atoms with van der Waals surface area (Å²) in [5, 5.41) is 25.9. The first-order valence-electron chi connectivity index (χ1n) is 17.5. The fourth-order valence-electron chi connectivity index (χ4n) is 5.32. The average molecular weight is 926 g/mol. The van der Waals surface area contributed by atoms with Crippen molar-refractivity contribution in [2.75, 3.05) is 58.1 Å². The van der Waals surface area contributed by atoms with Crippen LogP contribution >= 0.6 is 34.4 Å². The molecule has 0 atom stereocenters. The van der Waals surface area contributed by atoms with E-state index in [-0.39, 0.29) is 44.2 Å². The van der Waals surface area contributed by atoms with Crippen molar-refractivity contribution in [3.05, 3.63) is 59.3 Å². The van der Waals surface area contributed by atoms with Gasteiger partial charge in [0.2, 0.25) is 11.9 Å². The lowest BCUT2D eigenvalue weighted by atomic mass is 10.2. The number of thiophene rings is 2. The highest BCUT2D eigenvalue weighted by molar-refractivity contribution is 8.00. The van der Waals surface area contributed by atoms with E-state index in [4.69, 9.17) is 0 Å². The number of hydrogen-bond acceptors (Lipinski definition) is 20. The quantitative estimate of drug-likeness (QED) is 0.0278. The first kappa shape index (κ1) is 45.4. The SMILES string of the molecule is CCN(CC)c1ccc(/N=N/c2sccc2S(=O)(=O)O)c(Nc2nc(Nc3cc(N(CC)CC)ccc3/N=N/c3sccc3S(=O)(=O)O)nc(SCCS(=O)(=O)O)n2)c1. The van der Waals surface area contributed by atoms with Gasteiger partial charge in [-0.2, -0.15) is 40.2 Å². The maximum atomic E-state index is 11.9. The molecule has 20 nitrogen and oxygen atoms in total. The van der Waals surface area contributed by atoms with Gasteiger partial charge in [0.15, 0.2) is 15.2 Å². The van der Waals surface area contributed by atoms with Gasteiger partial charge in [0.05, 0.1) is 17.1 Å². The smallest absolute Gasteiger partial charge is 0.297 e. The molecule has 0 saturated carbocycles. The van der Waals surface area contributed by atoms with Crippen LogP contribution in [0.1, 0.15) is 27.7 Å². The fourth-order valence-corrected chi connectivity index (χ4v) is 10.3. The summed E-state index contributed by atoms with van der Waals surface area (Å²) in [6.45, 7) is 10.6. The van der Waals surface area contributed by atoms with Gasteiger partial charge in [0.25, 0.3) is 30.4 Å². The van der Waals surface area contributed by atoms with Crippen LogP contribution in [0.15, 0.2) is 94.7 Å². The monoisotopic (exact) mass is 925 g/mol. The van der Waals surface area contributed by atoms with Crippen molar-refractivity contribution in [2.24, 2.45) is 20.5 Å². The topological polar surface area (TPSA) is 282 Å². The zero-order valence-corrected chi connectivity index (χ0v) is 36.7. The van der Waals surface area contributed by atoms with E-state index in [1.807, 2.05) is 27.7 Å². The zero-order chi connectivity index (χ0) is 43.0. The number of benzene rings is 2. The molecule has 0 amide bonds. The molecule has 0 aliphatic heterocycles. The molecule has 0 unspecified atom stereocenters. The molecule has 0 fully saturated rings. The second-order valence-corrected chi connectivity index (χ2v) is 19.1. The molecule has 5 rings (SSSR count). The van der Waals surface area contributed by atoms with Gasteiger partial charge in [-0.25, -0.2) is 0 Å². The van der Waals surface area contributed by atoms with Crippen LogP contribution in [-0.2, 0) is 30.4 Å². The fraction of sp³-hybridized carbons (Fsp3) is 0.303. The number of nitrogens with zero attached hydrogens (tertiary/aromatic N) is 9. The summed E-state index contributed by atoms with van der Waals surface area (Å²) in [5.74, 6) is -0.799. The largest absolute Gasteiger partial charge is 0.372 e. The van der Waals surface area contributed by atoms with Gasteiger partial charge in [0, 0.05) is 43.3 Å². The van der Waals surface area contributed by atoms with Gasteiger partial charge in [-0.1, -0.05) is 11.8 Å². The van der Waals surface area contributed by atoms with Crippen molar-refractivity contribution in [3.63, 3.8) is 0 Å². The van der Waals surface area contributed by atoms with E-state index in [0.29, 0.717) is 37.6 Å². The second kappa shape index (κ2) is 19.6. The van der Waals surface area contributed by atoms with Crippen molar-refractivity contribution in [2.45, 2.75) is 42.6 Å². The summed E-state index contributed by atoms with van der Waals surface area (Å²) in [4.78, 5) is 16.9. The minimum absolute atomic E-state index is 0.0424. The van der Waals surface area contributed by atoms with E-state index in [1.54, 1.807) is 36.4 Å². The van der Waals surface area contributed by atoms with E-state index < -0.39 is 45.9 Å². The van der Waals surface area contributed by atoms with Crippen molar-refractivity contribution in [1.29, 1.82) is 0 Å². The number of nitrogens with one attached hydrogen (secondary N) is 2. The zero-order valence-electron chi connectivity index (χ0n) is 31.8. The maximum absolute atomic E-state index is 11.9. The summed E-state index contributed by atoms with van der Waals surface area (Å²) < 4.78 is 99.4. The predicted octanol–water partition coefficient (Wildman–Crippen LogP) is 8.48. The van der Waals surface area contributed by atoms with Crippen molar-refractivity contribution in [3.8, 4) is 0 Å². The molecule has 3 heterocycles. The van der Waals surface area contributed by atoms with Gasteiger partial charge >= 0.3 is 0 Å². The van der Waals surface area contributed by atoms with E-state index in [9.17, 15) is 38.9 Å². The molecule has 59 heavy (non-hydrogen) atoms. The number of anilines is 6. The third kappa shape index (κ3) is 12.4. The van der Waals surface area contributed by atoms with Gasteiger partial charge in [-0.15, -0.1) is 43.1 Å². The molecule has 0 spiro atoms. The Bertz CT molecular complexity index is 2500. The van der Waals surface area contributed by atoms with E-state index in [1.165, 1.54) is 22.9 Å². The van der Waals surface area contributed by atoms with E-state index in [0.717, 1.165) is 45.8 Å². The van der Waals surface area contributed by atoms with Gasteiger partial charge in [-0.3, -0.25) is 13.7 Å². The minimum atomic E-state index is -4.57. The molecule has 3 aromatic heterocycles. The third-order valence-electron chi connectivity index (χ3n) is 8.17. The Hall–Kier alpha value is -4.67. The lowest BCUT2D eigenvalue weighted by molar-refractivity contribution is 0.481. The predicted molar refractivity (Wildman–Crippen MR) is 230 cm³/mol. The number of hydrogen-bond donors (Lipinski definition) is 5. The first-order valence-corrected chi connectivity index (χ1v) is 24.7. The van der Waals surface area contributed by atoms with Crippen molar-refractivity contribution in [1.82, 2.24) is 15.0 Å². The molecular weight excluding hydrogens is 887 g/mol. The number of azo groups is 2. The van der Waals surface area contributed by atoms with Crippen molar-refractivity contribution < 1.29 is 38.9 Å². The molecule has 0 radical (unpaired) electrons. The Morgan fingerprint density at radius 3 is 1.42 bits per heavy atom. The summed E-state index contributed by atoms with van der Waals surface area (Å²) in [6, 6.07) is 12.9. The molecule has 0 bridgehead atoms. The Kier molecular flexibility index (Phi) is 15.1. The van der Waals surface area contributed by atoms with E-state index >= 15 is 0 Å². The lowest BCUT2D eigenvalue weighted by Crippen LogP contribution is -2.21. The van der Waals surface area contributed by atoms with Crippen molar-refractivity contribution >= 4 is 121 Å². The van der Waals surface area contributed by atoms with Crippen LogP contribution in [0.5, 0.6) is 0 Å². The number of thioether (sulfide) groups is 1. The van der Waals surface area contributed by atoms with Crippen LogP contribution in [0, 0.1) is 0 Å². The highest BCUT2D eigenvalue weighted by atomic mass is 32.2. The molecule has 0 aliphatic carbocycles. The molecule has 316 valence electrons. The molecule has 5 aromatic rings.